The molecule has 1 heterocycles. The number of carbonyl (C=O) groups excluding carboxylic acids is 1. The normalized spacial score (nSPS) is 31.6. The standard InChI is InChI=1S/C15H28N2O/c1-11-9-17(10-12(11)2)15(18)14(16)8-13-6-4-3-5-7-13/h11-14H,3-10,16H2,1-2H3. The molecule has 1 aliphatic carbocycles. The molecule has 1 saturated carbocycles. The number of rotatable bonds is 3. The van der Waals surface area contributed by atoms with Crippen molar-refractivity contribution >= 4 is 5.91 Å². The molecule has 1 amide bonds. The van der Waals surface area contributed by atoms with E-state index in [1.807, 2.05) is 4.90 Å². The van der Waals surface area contributed by atoms with Crippen LogP contribution in [-0.2, 0) is 4.79 Å². The Morgan fingerprint density at radius 1 is 1.17 bits per heavy atom. The van der Waals surface area contributed by atoms with E-state index in [-0.39, 0.29) is 11.9 Å². The summed E-state index contributed by atoms with van der Waals surface area (Å²) in [5, 5.41) is 0. The van der Waals surface area contributed by atoms with Crippen LogP contribution in [0.25, 0.3) is 0 Å². The number of hydrogen-bond acceptors (Lipinski definition) is 2. The Kier molecular flexibility index (Phi) is 4.66. The third-order valence-corrected chi connectivity index (χ3v) is 4.93. The average Bonchev–Trinajstić information content (AvgIpc) is 2.70. The van der Waals surface area contributed by atoms with Gasteiger partial charge in [0.05, 0.1) is 6.04 Å². The molecule has 2 N–H and O–H groups in total. The van der Waals surface area contributed by atoms with Gasteiger partial charge in [0.25, 0.3) is 0 Å². The van der Waals surface area contributed by atoms with E-state index in [2.05, 4.69) is 13.8 Å². The minimum absolute atomic E-state index is 0.191. The molecule has 2 rings (SSSR count). The Labute approximate surface area is 111 Å². The molecule has 3 unspecified atom stereocenters. The van der Waals surface area contributed by atoms with E-state index in [0.29, 0.717) is 17.8 Å². The van der Waals surface area contributed by atoms with Crippen LogP contribution in [0, 0.1) is 17.8 Å². The van der Waals surface area contributed by atoms with E-state index in [9.17, 15) is 4.79 Å². The Morgan fingerprint density at radius 3 is 2.28 bits per heavy atom. The van der Waals surface area contributed by atoms with Gasteiger partial charge in [-0.25, -0.2) is 0 Å². The van der Waals surface area contributed by atoms with Gasteiger partial charge in [0.15, 0.2) is 0 Å². The first-order valence-corrected chi connectivity index (χ1v) is 7.62. The largest absolute Gasteiger partial charge is 0.341 e. The van der Waals surface area contributed by atoms with Crippen molar-refractivity contribution in [2.24, 2.45) is 23.5 Å². The Balaban J connectivity index is 1.81. The van der Waals surface area contributed by atoms with Crippen LogP contribution in [0.4, 0.5) is 0 Å². The van der Waals surface area contributed by atoms with Crippen LogP contribution in [0.15, 0.2) is 0 Å². The lowest BCUT2D eigenvalue weighted by Gasteiger charge is -2.26. The van der Waals surface area contributed by atoms with Crippen molar-refractivity contribution in [3.8, 4) is 0 Å². The summed E-state index contributed by atoms with van der Waals surface area (Å²) in [6, 6.07) is -0.259. The molecule has 0 aromatic rings. The zero-order chi connectivity index (χ0) is 13.1. The fraction of sp³-hybridized carbons (Fsp3) is 0.933. The predicted octanol–water partition coefficient (Wildman–Crippen LogP) is 2.40. The molecule has 0 aromatic heterocycles. The van der Waals surface area contributed by atoms with Crippen molar-refractivity contribution in [3.63, 3.8) is 0 Å². The van der Waals surface area contributed by atoms with Gasteiger partial charge >= 0.3 is 0 Å². The van der Waals surface area contributed by atoms with E-state index < -0.39 is 0 Å². The van der Waals surface area contributed by atoms with Gasteiger partial charge in [-0.05, 0) is 24.2 Å². The monoisotopic (exact) mass is 252 g/mol. The summed E-state index contributed by atoms with van der Waals surface area (Å²) < 4.78 is 0. The van der Waals surface area contributed by atoms with Crippen molar-refractivity contribution in [1.82, 2.24) is 4.90 Å². The van der Waals surface area contributed by atoms with E-state index >= 15 is 0 Å². The van der Waals surface area contributed by atoms with Crippen LogP contribution >= 0.6 is 0 Å². The van der Waals surface area contributed by atoms with Crippen LogP contribution in [-0.4, -0.2) is 29.9 Å². The van der Waals surface area contributed by atoms with Gasteiger partial charge in [0.1, 0.15) is 0 Å². The maximum Gasteiger partial charge on any atom is 0.239 e. The molecule has 1 aliphatic heterocycles. The van der Waals surface area contributed by atoms with Crippen LogP contribution in [0.3, 0.4) is 0 Å². The molecule has 104 valence electrons. The molecule has 0 radical (unpaired) electrons. The lowest BCUT2D eigenvalue weighted by Crippen LogP contribution is -2.44. The molecule has 3 nitrogen and oxygen atoms in total. The zero-order valence-electron chi connectivity index (χ0n) is 11.9. The highest BCUT2D eigenvalue weighted by atomic mass is 16.2. The first-order valence-electron chi connectivity index (χ1n) is 7.62. The summed E-state index contributed by atoms with van der Waals surface area (Å²) in [5.74, 6) is 2.12. The third-order valence-electron chi connectivity index (χ3n) is 4.93. The maximum absolute atomic E-state index is 12.3. The van der Waals surface area contributed by atoms with Gasteiger partial charge < -0.3 is 10.6 Å². The number of hydrogen-bond donors (Lipinski definition) is 1. The summed E-state index contributed by atoms with van der Waals surface area (Å²) in [6.45, 7) is 6.26. The van der Waals surface area contributed by atoms with Gasteiger partial charge in [-0.3, -0.25) is 4.79 Å². The third kappa shape index (κ3) is 3.25. The Hall–Kier alpha value is -0.570. The molecular weight excluding hydrogens is 224 g/mol. The van der Waals surface area contributed by atoms with E-state index in [4.69, 9.17) is 5.73 Å². The summed E-state index contributed by atoms with van der Waals surface area (Å²) in [7, 11) is 0. The topological polar surface area (TPSA) is 46.3 Å². The van der Waals surface area contributed by atoms with Gasteiger partial charge in [-0.15, -0.1) is 0 Å². The average molecular weight is 252 g/mol. The predicted molar refractivity (Wildman–Crippen MR) is 74.1 cm³/mol. The van der Waals surface area contributed by atoms with Gasteiger partial charge in [-0.2, -0.15) is 0 Å². The number of nitrogens with two attached hydrogens (primary N) is 1. The second-order valence-corrected chi connectivity index (χ2v) is 6.54. The van der Waals surface area contributed by atoms with Crippen molar-refractivity contribution in [2.75, 3.05) is 13.1 Å². The highest BCUT2D eigenvalue weighted by molar-refractivity contribution is 5.81. The first kappa shape index (κ1) is 13.9. The van der Waals surface area contributed by atoms with Crippen LogP contribution in [0.1, 0.15) is 52.4 Å². The first-order chi connectivity index (χ1) is 8.58. The summed E-state index contributed by atoms with van der Waals surface area (Å²) >= 11 is 0. The van der Waals surface area contributed by atoms with Gasteiger partial charge in [0.2, 0.25) is 5.91 Å². The van der Waals surface area contributed by atoms with Crippen molar-refractivity contribution in [2.45, 2.75) is 58.4 Å². The van der Waals surface area contributed by atoms with Gasteiger partial charge in [0, 0.05) is 13.1 Å². The molecule has 0 spiro atoms. The van der Waals surface area contributed by atoms with E-state index in [1.165, 1.54) is 32.1 Å². The smallest absolute Gasteiger partial charge is 0.239 e. The second kappa shape index (κ2) is 6.05. The summed E-state index contributed by atoms with van der Waals surface area (Å²) in [5.41, 5.74) is 6.13. The molecule has 1 saturated heterocycles. The molecule has 18 heavy (non-hydrogen) atoms. The molecule has 2 aliphatic rings. The summed E-state index contributed by atoms with van der Waals surface area (Å²) in [6.07, 6.45) is 7.45. The second-order valence-electron chi connectivity index (χ2n) is 6.54. The van der Waals surface area contributed by atoms with Crippen molar-refractivity contribution < 1.29 is 4.79 Å². The van der Waals surface area contributed by atoms with Crippen LogP contribution in [0.5, 0.6) is 0 Å². The maximum atomic E-state index is 12.3. The lowest BCUT2D eigenvalue weighted by atomic mass is 9.85. The Bertz CT molecular complexity index is 276. The minimum Gasteiger partial charge on any atom is -0.341 e. The quantitative estimate of drug-likeness (QED) is 0.838. The van der Waals surface area contributed by atoms with Crippen molar-refractivity contribution in [1.29, 1.82) is 0 Å². The fourth-order valence-electron chi connectivity index (χ4n) is 3.43. The van der Waals surface area contributed by atoms with Crippen LogP contribution in [0.2, 0.25) is 0 Å². The van der Waals surface area contributed by atoms with E-state index in [1.54, 1.807) is 0 Å². The minimum atomic E-state index is -0.259. The van der Waals surface area contributed by atoms with Crippen LogP contribution < -0.4 is 5.73 Å². The lowest BCUT2D eigenvalue weighted by molar-refractivity contribution is -0.132. The summed E-state index contributed by atoms with van der Waals surface area (Å²) in [4.78, 5) is 14.3. The van der Waals surface area contributed by atoms with Gasteiger partial charge in [-0.1, -0.05) is 46.0 Å². The molecule has 2 fully saturated rings. The molecule has 0 aromatic carbocycles. The van der Waals surface area contributed by atoms with Crippen molar-refractivity contribution in [3.05, 3.63) is 0 Å². The highest BCUT2D eigenvalue weighted by Gasteiger charge is 2.32. The van der Waals surface area contributed by atoms with E-state index in [0.717, 1.165) is 19.5 Å². The Morgan fingerprint density at radius 2 is 1.72 bits per heavy atom. The molecule has 3 heteroatoms. The molecule has 0 bridgehead atoms. The zero-order valence-corrected chi connectivity index (χ0v) is 11.9. The number of likely N-dealkylation sites (tertiary alicyclic amines) is 1. The molecule has 3 atom stereocenters. The number of amides is 1. The molecular formula is C15H28N2O. The fourth-order valence-corrected chi connectivity index (χ4v) is 3.43. The highest BCUT2D eigenvalue weighted by Crippen LogP contribution is 2.28. The number of nitrogens with zero attached hydrogens (tertiary/aromatic N) is 1. The number of carbonyl (C=O) groups is 1. The SMILES string of the molecule is CC1CN(C(=O)C(N)CC2CCCCC2)CC1C.